The highest BCUT2D eigenvalue weighted by atomic mass is 16.5. The maximum Gasteiger partial charge on any atom is 0.343 e. The van der Waals surface area contributed by atoms with E-state index in [9.17, 15) is 39.0 Å². The summed E-state index contributed by atoms with van der Waals surface area (Å²) in [5.74, 6) is -2.41. The molecule has 18 nitrogen and oxygen atoms in total. The van der Waals surface area contributed by atoms with E-state index < -0.39 is 47.9 Å². The van der Waals surface area contributed by atoms with Crippen LogP contribution in [0.3, 0.4) is 0 Å². The van der Waals surface area contributed by atoms with Gasteiger partial charge in [-0.3, -0.25) is 28.3 Å². The number of hydrogen-bond acceptors (Lipinski definition) is 14. The molecule has 0 saturated heterocycles. The molecule has 4 aromatic rings. The Kier molecular flexibility index (Phi) is 29.8. The highest BCUT2D eigenvalue weighted by Crippen LogP contribution is 2.33. The zero-order chi connectivity index (χ0) is 61.9. The predicted octanol–water partition coefficient (Wildman–Crippen LogP) is 15.7. The molecule has 0 spiro atoms. The van der Waals surface area contributed by atoms with Crippen LogP contribution < -0.4 is 11.1 Å². The number of nitrogens with zero attached hydrogens (tertiary/aromatic N) is 8. The van der Waals surface area contributed by atoms with Crippen LogP contribution >= 0.6 is 0 Å². The van der Waals surface area contributed by atoms with E-state index in [-0.39, 0.29) is 70.0 Å². The average molecular weight is 1160 g/mol. The SMILES string of the molecule is CCCCC(CC)CN(CC(CC)CCCC)C(=O)c1cccc(N=Nc2c(C)c(C(=O)OCC)c(O)n(CCn3c(O)c(C(=O)OCC)c(C)c(N=Nc4cccc(C(=O)N(CC(CC)CCCC)CC(CC)CCCC)c4)c3=O)c2=O)c1. The van der Waals surface area contributed by atoms with E-state index in [1.165, 1.54) is 13.8 Å². The van der Waals surface area contributed by atoms with Crippen LogP contribution in [0.5, 0.6) is 11.8 Å². The van der Waals surface area contributed by atoms with Gasteiger partial charge in [0.2, 0.25) is 11.8 Å². The molecule has 4 atom stereocenters. The lowest BCUT2D eigenvalue weighted by molar-refractivity contribution is 0.0509. The molecule has 0 fully saturated rings. The van der Waals surface area contributed by atoms with E-state index in [1.807, 2.05) is 9.80 Å². The van der Waals surface area contributed by atoms with Gasteiger partial charge in [0, 0.05) is 61.5 Å². The number of benzene rings is 2. The van der Waals surface area contributed by atoms with E-state index in [1.54, 1.807) is 62.4 Å². The van der Waals surface area contributed by atoms with Crippen molar-refractivity contribution in [3.63, 3.8) is 0 Å². The number of ether oxygens (including phenoxy) is 2. The number of unbranched alkanes of at least 4 members (excludes halogenated alkanes) is 4. The minimum atomic E-state index is -0.964. The monoisotopic (exact) mass is 1160 g/mol. The molecule has 0 bridgehead atoms. The number of esters is 2. The molecule has 0 radical (unpaired) electrons. The van der Waals surface area contributed by atoms with Gasteiger partial charge >= 0.3 is 11.9 Å². The van der Waals surface area contributed by atoms with E-state index >= 15 is 0 Å². The number of azo groups is 2. The fraction of sp³-hybridized carbons (Fsp3) is 0.606. The molecule has 18 heteroatoms. The van der Waals surface area contributed by atoms with E-state index in [2.05, 4.69) is 75.8 Å². The van der Waals surface area contributed by atoms with Gasteiger partial charge in [0.15, 0.2) is 11.4 Å². The summed E-state index contributed by atoms with van der Waals surface area (Å²) in [4.78, 5) is 89.1. The van der Waals surface area contributed by atoms with Crippen molar-refractivity contribution in [2.24, 2.45) is 44.1 Å². The van der Waals surface area contributed by atoms with Gasteiger partial charge in [0.05, 0.1) is 24.6 Å². The van der Waals surface area contributed by atoms with Crippen molar-refractivity contribution in [2.75, 3.05) is 39.4 Å². The van der Waals surface area contributed by atoms with Gasteiger partial charge in [-0.2, -0.15) is 10.2 Å². The van der Waals surface area contributed by atoms with Gasteiger partial charge in [-0.1, -0.05) is 145 Å². The lowest BCUT2D eigenvalue weighted by Gasteiger charge is -2.31. The van der Waals surface area contributed by atoms with Crippen molar-refractivity contribution < 1.29 is 38.9 Å². The Balaban J connectivity index is 1.80. The van der Waals surface area contributed by atoms with Crippen molar-refractivity contribution in [2.45, 2.75) is 199 Å². The largest absolute Gasteiger partial charge is 0.494 e. The summed E-state index contributed by atoms with van der Waals surface area (Å²) >= 11 is 0. The van der Waals surface area contributed by atoms with Crippen LogP contribution in [0.4, 0.5) is 22.7 Å². The normalized spacial score (nSPS) is 13.0. The molecule has 0 aliphatic heterocycles. The zero-order valence-corrected chi connectivity index (χ0v) is 52.6. The molecule has 2 N–H and O–H groups in total. The van der Waals surface area contributed by atoms with Gasteiger partial charge in [-0.25, -0.2) is 9.59 Å². The summed E-state index contributed by atoms with van der Waals surface area (Å²) in [5.41, 5.74) is -2.05. The third-order valence-corrected chi connectivity index (χ3v) is 16.2. The first-order valence-electron chi connectivity index (χ1n) is 31.3. The Morgan fingerprint density at radius 3 is 1.07 bits per heavy atom. The maximum absolute atomic E-state index is 14.6. The molecule has 84 heavy (non-hydrogen) atoms. The summed E-state index contributed by atoms with van der Waals surface area (Å²) in [5, 5.41) is 41.0. The molecule has 2 amide bonds. The third-order valence-electron chi connectivity index (χ3n) is 16.2. The van der Waals surface area contributed by atoms with Gasteiger partial charge < -0.3 is 29.5 Å². The molecule has 2 aromatic carbocycles. The number of pyridine rings is 2. The summed E-state index contributed by atoms with van der Waals surface area (Å²) in [6.07, 6.45) is 16.5. The summed E-state index contributed by atoms with van der Waals surface area (Å²) < 4.78 is 12.2. The molecule has 2 aromatic heterocycles. The number of carbonyl (C=O) groups excluding carboxylic acids is 4. The Morgan fingerprint density at radius 1 is 0.488 bits per heavy atom. The van der Waals surface area contributed by atoms with Crippen LogP contribution in [-0.2, 0) is 22.6 Å². The first-order valence-corrected chi connectivity index (χ1v) is 31.3. The molecule has 0 aliphatic carbocycles. The standard InChI is InChI=1S/C66H98N8O10/c1-13-23-29-47(17-5)41-71(42-48(18-6)30-24-14-2)59(75)51-33-27-35-53(39-51)67-69-57-45(11)55(65(81)83-21-9)61(77)73(63(57)79)37-38-74-62(78)56(66(82)84-22-10)46(12)58(64(74)80)70-68-54-36-28-34-52(40-54)60(76)72(43-49(19-7)31-25-15-3)44-50(20-8)32-26-16-4/h27-28,33-36,39-40,47-50,77-78H,13-26,29-32,37-38,41-44H2,1-12H3. The van der Waals surface area contributed by atoms with Crippen molar-refractivity contribution >= 4 is 46.5 Å². The molecule has 462 valence electrons. The van der Waals surface area contributed by atoms with E-state index in [0.29, 0.717) is 61.0 Å². The summed E-state index contributed by atoms with van der Waals surface area (Å²) in [7, 11) is 0. The summed E-state index contributed by atoms with van der Waals surface area (Å²) in [6.45, 7) is 24.6. The highest BCUT2D eigenvalue weighted by Gasteiger charge is 2.30. The molecule has 0 saturated carbocycles. The van der Waals surface area contributed by atoms with Crippen LogP contribution in [0.2, 0.25) is 0 Å². The predicted molar refractivity (Wildman–Crippen MR) is 332 cm³/mol. The van der Waals surface area contributed by atoms with Crippen LogP contribution in [0.15, 0.2) is 78.6 Å². The Bertz CT molecular complexity index is 2730. The first kappa shape index (κ1) is 69.5. The molecular formula is C66H98N8O10. The molecule has 2 heterocycles. The van der Waals surface area contributed by atoms with Crippen molar-refractivity contribution in [1.29, 1.82) is 0 Å². The average Bonchev–Trinajstić information content (AvgIpc) is 1.68. The lowest BCUT2D eigenvalue weighted by Crippen LogP contribution is -2.39. The van der Waals surface area contributed by atoms with Crippen molar-refractivity contribution in [1.82, 2.24) is 18.9 Å². The Labute approximate surface area is 499 Å². The van der Waals surface area contributed by atoms with Crippen molar-refractivity contribution in [3.05, 3.63) is 103 Å². The first-order chi connectivity index (χ1) is 40.4. The quantitative estimate of drug-likeness (QED) is 0.0321. The van der Waals surface area contributed by atoms with E-state index in [4.69, 9.17) is 9.47 Å². The number of carbonyl (C=O) groups is 4. The number of aromatic nitrogens is 2. The maximum atomic E-state index is 14.6. The van der Waals surface area contributed by atoms with Gasteiger partial charge in [-0.05, 0) is 113 Å². The minimum Gasteiger partial charge on any atom is -0.494 e. The Hall–Kier alpha value is -6.98. The fourth-order valence-electron chi connectivity index (χ4n) is 10.7. The van der Waals surface area contributed by atoms with Gasteiger partial charge in [0.25, 0.3) is 22.9 Å². The second kappa shape index (κ2) is 36.0. The topological polar surface area (TPSA) is 227 Å². The van der Waals surface area contributed by atoms with Crippen LogP contribution in [-0.4, -0.2) is 92.3 Å². The second-order valence-corrected chi connectivity index (χ2v) is 22.3. The molecular weight excluding hydrogens is 1060 g/mol. The van der Waals surface area contributed by atoms with Crippen molar-refractivity contribution in [3.8, 4) is 11.8 Å². The number of aromatic hydroxyl groups is 2. The zero-order valence-electron chi connectivity index (χ0n) is 52.6. The van der Waals surface area contributed by atoms with Crippen LogP contribution in [0.1, 0.15) is 225 Å². The number of hydrogen-bond donors (Lipinski definition) is 2. The van der Waals surface area contributed by atoms with E-state index in [0.717, 1.165) is 112 Å². The second-order valence-electron chi connectivity index (χ2n) is 22.3. The Morgan fingerprint density at radius 2 is 0.798 bits per heavy atom. The molecule has 4 rings (SSSR count). The fourth-order valence-corrected chi connectivity index (χ4v) is 10.7. The van der Waals surface area contributed by atoms with Gasteiger partial charge in [0.1, 0.15) is 11.1 Å². The minimum absolute atomic E-state index is 0.0416. The third kappa shape index (κ3) is 19.3. The number of amides is 2. The smallest absolute Gasteiger partial charge is 0.343 e. The molecule has 0 aliphatic rings. The van der Waals surface area contributed by atoms with Crippen LogP contribution in [0, 0.1) is 37.5 Å². The van der Waals surface area contributed by atoms with Gasteiger partial charge in [-0.15, -0.1) is 10.2 Å². The summed E-state index contributed by atoms with van der Waals surface area (Å²) in [6, 6.07) is 13.4. The molecule has 4 unspecified atom stereocenters. The number of rotatable bonds is 37. The highest BCUT2D eigenvalue weighted by molar-refractivity contribution is 5.97. The van der Waals surface area contributed by atoms with Crippen LogP contribution in [0.25, 0.3) is 0 Å². The lowest BCUT2D eigenvalue weighted by atomic mass is 9.95.